The first kappa shape index (κ1) is 15.1. The Morgan fingerprint density at radius 3 is 2.89 bits per heavy atom. The van der Waals surface area contributed by atoms with Crippen LogP contribution in [0.1, 0.15) is 6.92 Å². The predicted molar refractivity (Wildman–Crippen MR) is 72.4 cm³/mol. The average Bonchev–Trinajstić information content (AvgIpc) is 2.34. The third-order valence-corrected chi connectivity index (χ3v) is 2.86. The van der Waals surface area contributed by atoms with Crippen molar-refractivity contribution in [2.45, 2.75) is 6.92 Å². The van der Waals surface area contributed by atoms with E-state index in [0.29, 0.717) is 29.8 Å². The maximum absolute atomic E-state index is 11.0. The molecule has 0 spiro atoms. The standard InChI is InChI=1S/C12H15Cl2NO3/c1-2-18-11(16)8-17-7-6-15-10-5-3-4-9(13)12(10)14/h3-5,15H,2,6-8H2,1H3. The summed E-state index contributed by atoms with van der Waals surface area (Å²) in [6, 6.07) is 5.34. The van der Waals surface area contributed by atoms with Crippen molar-refractivity contribution in [2.24, 2.45) is 0 Å². The van der Waals surface area contributed by atoms with Gasteiger partial charge in [-0.25, -0.2) is 4.79 Å². The number of ether oxygens (including phenoxy) is 2. The van der Waals surface area contributed by atoms with Gasteiger partial charge < -0.3 is 14.8 Å². The molecular weight excluding hydrogens is 277 g/mol. The second-order valence-electron chi connectivity index (χ2n) is 3.39. The van der Waals surface area contributed by atoms with Crippen LogP contribution in [0.15, 0.2) is 18.2 Å². The lowest BCUT2D eigenvalue weighted by atomic mass is 10.3. The van der Waals surface area contributed by atoms with Crippen molar-refractivity contribution in [3.05, 3.63) is 28.2 Å². The molecule has 1 N–H and O–H groups in total. The Kier molecular flexibility index (Phi) is 6.86. The second-order valence-corrected chi connectivity index (χ2v) is 4.17. The number of carbonyl (C=O) groups is 1. The zero-order valence-electron chi connectivity index (χ0n) is 10.0. The number of hydrogen-bond donors (Lipinski definition) is 1. The van der Waals surface area contributed by atoms with Gasteiger partial charge in [0, 0.05) is 6.54 Å². The third-order valence-electron chi connectivity index (χ3n) is 2.04. The van der Waals surface area contributed by atoms with Crippen molar-refractivity contribution < 1.29 is 14.3 Å². The van der Waals surface area contributed by atoms with E-state index < -0.39 is 0 Å². The minimum absolute atomic E-state index is 0.0429. The zero-order valence-corrected chi connectivity index (χ0v) is 11.6. The Morgan fingerprint density at radius 1 is 1.39 bits per heavy atom. The predicted octanol–water partition coefficient (Wildman–Crippen LogP) is 2.99. The molecule has 0 radical (unpaired) electrons. The number of hydrogen-bond acceptors (Lipinski definition) is 4. The monoisotopic (exact) mass is 291 g/mol. The number of carbonyl (C=O) groups excluding carboxylic acids is 1. The average molecular weight is 292 g/mol. The molecule has 0 amide bonds. The molecule has 0 aliphatic carbocycles. The van der Waals surface area contributed by atoms with Gasteiger partial charge in [0.15, 0.2) is 0 Å². The summed E-state index contributed by atoms with van der Waals surface area (Å²) in [6.45, 7) is 2.97. The summed E-state index contributed by atoms with van der Waals surface area (Å²) in [6.07, 6.45) is 0. The lowest BCUT2D eigenvalue weighted by Crippen LogP contribution is -2.16. The van der Waals surface area contributed by atoms with E-state index >= 15 is 0 Å². The van der Waals surface area contributed by atoms with Gasteiger partial charge in [0.2, 0.25) is 0 Å². The van der Waals surface area contributed by atoms with Crippen molar-refractivity contribution in [3.8, 4) is 0 Å². The molecule has 0 fully saturated rings. The highest BCUT2D eigenvalue weighted by Crippen LogP contribution is 2.29. The summed E-state index contributed by atoms with van der Waals surface area (Å²) in [5.74, 6) is -0.363. The smallest absolute Gasteiger partial charge is 0.332 e. The second kappa shape index (κ2) is 8.19. The summed E-state index contributed by atoms with van der Waals surface area (Å²) in [7, 11) is 0. The van der Waals surface area contributed by atoms with Crippen molar-refractivity contribution >= 4 is 34.9 Å². The molecule has 0 unspecified atom stereocenters. The molecule has 0 saturated heterocycles. The number of anilines is 1. The fourth-order valence-corrected chi connectivity index (χ4v) is 1.62. The highest BCUT2D eigenvalue weighted by Gasteiger charge is 2.04. The Hall–Kier alpha value is -0.970. The van der Waals surface area contributed by atoms with Gasteiger partial charge in [-0.3, -0.25) is 0 Å². The quantitative estimate of drug-likeness (QED) is 0.620. The number of nitrogens with one attached hydrogen (secondary N) is 1. The van der Waals surface area contributed by atoms with Crippen LogP contribution in [0.5, 0.6) is 0 Å². The van der Waals surface area contributed by atoms with Gasteiger partial charge in [0.05, 0.1) is 28.9 Å². The number of halogens is 2. The van der Waals surface area contributed by atoms with Crippen LogP contribution in [0.3, 0.4) is 0 Å². The van der Waals surface area contributed by atoms with Gasteiger partial charge in [-0.05, 0) is 19.1 Å². The van der Waals surface area contributed by atoms with Gasteiger partial charge in [0.25, 0.3) is 0 Å². The van der Waals surface area contributed by atoms with Gasteiger partial charge in [-0.2, -0.15) is 0 Å². The van der Waals surface area contributed by atoms with E-state index in [2.05, 4.69) is 5.32 Å². The van der Waals surface area contributed by atoms with Gasteiger partial charge >= 0.3 is 5.97 Å². The van der Waals surface area contributed by atoms with E-state index in [4.69, 9.17) is 32.7 Å². The first-order valence-corrected chi connectivity index (χ1v) is 6.32. The molecule has 1 aromatic carbocycles. The first-order chi connectivity index (χ1) is 8.65. The van der Waals surface area contributed by atoms with E-state index in [9.17, 15) is 4.79 Å². The lowest BCUT2D eigenvalue weighted by molar-refractivity contribution is -0.148. The van der Waals surface area contributed by atoms with Crippen LogP contribution in [-0.4, -0.2) is 32.3 Å². The summed E-state index contributed by atoms with van der Waals surface area (Å²) < 4.78 is 9.85. The fourth-order valence-electron chi connectivity index (χ4n) is 1.26. The van der Waals surface area contributed by atoms with E-state index in [1.807, 2.05) is 6.07 Å². The molecular formula is C12H15Cl2NO3. The van der Waals surface area contributed by atoms with Gasteiger partial charge in [-0.15, -0.1) is 0 Å². The Bertz CT molecular complexity index is 399. The molecule has 0 saturated carbocycles. The first-order valence-electron chi connectivity index (χ1n) is 5.56. The van der Waals surface area contributed by atoms with E-state index in [-0.39, 0.29) is 12.6 Å². The van der Waals surface area contributed by atoms with Crippen LogP contribution in [0.4, 0.5) is 5.69 Å². The topological polar surface area (TPSA) is 47.6 Å². The van der Waals surface area contributed by atoms with Gasteiger partial charge in [0.1, 0.15) is 6.61 Å². The Balaban J connectivity index is 2.22. The number of benzene rings is 1. The molecule has 1 aromatic rings. The SMILES string of the molecule is CCOC(=O)COCCNc1cccc(Cl)c1Cl. The molecule has 0 atom stereocenters. The highest BCUT2D eigenvalue weighted by atomic mass is 35.5. The molecule has 0 aromatic heterocycles. The summed E-state index contributed by atoms with van der Waals surface area (Å²) in [4.78, 5) is 11.0. The van der Waals surface area contributed by atoms with Crippen LogP contribution in [0, 0.1) is 0 Å². The largest absolute Gasteiger partial charge is 0.464 e. The lowest BCUT2D eigenvalue weighted by Gasteiger charge is -2.09. The Morgan fingerprint density at radius 2 is 2.17 bits per heavy atom. The molecule has 1 rings (SSSR count). The normalized spacial score (nSPS) is 10.2. The van der Waals surface area contributed by atoms with Gasteiger partial charge in [-0.1, -0.05) is 29.3 Å². The molecule has 0 aliphatic heterocycles. The van der Waals surface area contributed by atoms with E-state index in [0.717, 1.165) is 5.69 Å². The molecule has 18 heavy (non-hydrogen) atoms. The summed E-state index contributed by atoms with van der Waals surface area (Å²) in [5, 5.41) is 4.04. The minimum atomic E-state index is -0.363. The van der Waals surface area contributed by atoms with Crippen molar-refractivity contribution in [1.29, 1.82) is 0 Å². The van der Waals surface area contributed by atoms with Crippen LogP contribution >= 0.6 is 23.2 Å². The van der Waals surface area contributed by atoms with E-state index in [1.165, 1.54) is 0 Å². The van der Waals surface area contributed by atoms with Crippen molar-refractivity contribution in [1.82, 2.24) is 0 Å². The molecule has 0 heterocycles. The molecule has 6 heteroatoms. The molecule has 0 aliphatic rings. The maximum Gasteiger partial charge on any atom is 0.332 e. The van der Waals surface area contributed by atoms with E-state index in [1.54, 1.807) is 19.1 Å². The van der Waals surface area contributed by atoms with Crippen LogP contribution in [0.2, 0.25) is 10.0 Å². The zero-order chi connectivity index (χ0) is 13.4. The highest BCUT2D eigenvalue weighted by molar-refractivity contribution is 6.43. The summed E-state index contributed by atoms with van der Waals surface area (Å²) in [5.41, 5.74) is 0.740. The third kappa shape index (κ3) is 5.12. The fraction of sp³-hybridized carbons (Fsp3) is 0.417. The molecule has 4 nitrogen and oxygen atoms in total. The molecule has 0 bridgehead atoms. The van der Waals surface area contributed by atoms with Crippen LogP contribution in [0.25, 0.3) is 0 Å². The Labute approximate surface area is 116 Å². The van der Waals surface area contributed by atoms with Crippen LogP contribution < -0.4 is 5.32 Å². The van der Waals surface area contributed by atoms with Crippen molar-refractivity contribution in [3.63, 3.8) is 0 Å². The minimum Gasteiger partial charge on any atom is -0.464 e. The van der Waals surface area contributed by atoms with Crippen molar-refractivity contribution in [2.75, 3.05) is 31.7 Å². The summed E-state index contributed by atoms with van der Waals surface area (Å²) >= 11 is 11.9. The van der Waals surface area contributed by atoms with Crippen LogP contribution in [-0.2, 0) is 14.3 Å². The molecule has 100 valence electrons. The number of rotatable bonds is 7. The number of esters is 1. The maximum atomic E-state index is 11.0.